The van der Waals surface area contributed by atoms with Crippen molar-refractivity contribution in [1.29, 1.82) is 0 Å². The van der Waals surface area contributed by atoms with E-state index in [4.69, 9.17) is 5.11 Å². The minimum Gasteiger partial charge on any atom is -0.465 e. The fourth-order valence-corrected chi connectivity index (χ4v) is 7.06. The van der Waals surface area contributed by atoms with Gasteiger partial charge in [0.15, 0.2) is 0 Å². The highest BCUT2D eigenvalue weighted by Gasteiger charge is 2.50. The van der Waals surface area contributed by atoms with Crippen molar-refractivity contribution in [2.75, 3.05) is 26.2 Å². The van der Waals surface area contributed by atoms with Crippen molar-refractivity contribution in [1.82, 2.24) is 15.5 Å². The van der Waals surface area contributed by atoms with Crippen LogP contribution >= 0.6 is 0 Å². The van der Waals surface area contributed by atoms with E-state index in [2.05, 4.69) is 10.6 Å². The van der Waals surface area contributed by atoms with Crippen LogP contribution in [0.5, 0.6) is 0 Å². The molecule has 0 heterocycles. The predicted molar refractivity (Wildman–Crippen MR) is 127 cm³/mol. The average molecular weight is 458 g/mol. The van der Waals surface area contributed by atoms with Crippen molar-refractivity contribution in [2.45, 2.75) is 65.0 Å². The quantitative estimate of drug-likeness (QED) is 0.431. The van der Waals surface area contributed by atoms with E-state index < -0.39 is 6.09 Å². The zero-order valence-electron chi connectivity index (χ0n) is 20.0. The highest BCUT2D eigenvalue weighted by atomic mass is 16.4. The summed E-state index contributed by atoms with van der Waals surface area (Å²) in [7, 11) is 0. The molecule has 0 aliphatic heterocycles. The molecular weight excluding hydrogens is 418 g/mol. The van der Waals surface area contributed by atoms with Crippen LogP contribution in [0.25, 0.3) is 0 Å². The number of aliphatic hydroxyl groups is 1. The zero-order chi connectivity index (χ0) is 23.6. The van der Waals surface area contributed by atoms with E-state index in [1.54, 1.807) is 0 Å². The Bertz CT molecular complexity index is 836. The van der Waals surface area contributed by atoms with Gasteiger partial charge in [0.1, 0.15) is 0 Å². The molecule has 1 aromatic carbocycles. The zero-order valence-corrected chi connectivity index (χ0v) is 20.0. The molecule has 4 N–H and O–H groups in total. The summed E-state index contributed by atoms with van der Waals surface area (Å²) in [6, 6.07) is 5.86. The molecule has 7 nitrogen and oxygen atoms in total. The maximum absolute atomic E-state index is 13.2. The van der Waals surface area contributed by atoms with E-state index in [-0.39, 0.29) is 25.1 Å². The number of carbonyl (C=O) groups excluding carboxylic acids is 1. The van der Waals surface area contributed by atoms with Crippen LogP contribution in [0.15, 0.2) is 18.2 Å². The maximum atomic E-state index is 13.2. The Hall–Kier alpha value is -2.12. The molecule has 4 fully saturated rings. The van der Waals surface area contributed by atoms with E-state index in [1.807, 2.05) is 36.9 Å². The van der Waals surface area contributed by atoms with Crippen LogP contribution in [0.4, 0.5) is 4.79 Å². The van der Waals surface area contributed by atoms with Gasteiger partial charge in [-0.25, -0.2) is 4.79 Å². The molecule has 33 heavy (non-hydrogen) atoms. The normalized spacial score (nSPS) is 28.7. The number of aliphatic hydroxyl groups excluding tert-OH is 1. The van der Waals surface area contributed by atoms with Gasteiger partial charge in [0, 0.05) is 37.8 Å². The highest BCUT2D eigenvalue weighted by Crippen LogP contribution is 2.59. The first-order valence-corrected chi connectivity index (χ1v) is 12.5. The molecular formula is C26H39N3O4. The van der Waals surface area contributed by atoms with Crippen LogP contribution in [-0.4, -0.2) is 59.4 Å². The minimum absolute atomic E-state index is 0.000559. The molecule has 1 aromatic rings. The van der Waals surface area contributed by atoms with Crippen molar-refractivity contribution in [2.24, 2.45) is 23.2 Å². The Morgan fingerprint density at radius 2 is 1.76 bits per heavy atom. The van der Waals surface area contributed by atoms with Gasteiger partial charge in [-0.1, -0.05) is 12.1 Å². The molecule has 0 aromatic heterocycles. The largest absolute Gasteiger partial charge is 0.465 e. The van der Waals surface area contributed by atoms with Gasteiger partial charge in [0.05, 0.1) is 6.61 Å². The fraction of sp³-hybridized carbons (Fsp3) is 0.692. The molecule has 182 valence electrons. The monoisotopic (exact) mass is 457 g/mol. The first-order valence-electron chi connectivity index (χ1n) is 12.5. The summed E-state index contributed by atoms with van der Waals surface area (Å²) < 4.78 is 0. The lowest BCUT2D eigenvalue weighted by atomic mass is 9.49. The fourth-order valence-electron chi connectivity index (χ4n) is 7.06. The second-order valence-electron chi connectivity index (χ2n) is 11.0. The molecule has 4 aliphatic rings. The molecule has 2 amide bonds. The molecule has 0 spiro atoms. The number of aryl methyl sites for hydroxylation is 1. The molecule has 1 unspecified atom stereocenters. The number of nitrogens with zero attached hydrogens (tertiary/aromatic N) is 1. The van der Waals surface area contributed by atoms with Gasteiger partial charge in [0.2, 0.25) is 0 Å². The lowest BCUT2D eigenvalue weighted by molar-refractivity contribution is -0.0503. The van der Waals surface area contributed by atoms with Crippen molar-refractivity contribution < 1.29 is 19.8 Å². The standard InChI is InChI=1S/C26H39N3O4/c1-17-3-4-19(15-29(5-6-30)18(2)14-27-25(32)33)10-23(17)24(31)28-16-26-11-20-7-21(12-26)9-22(8-20)13-26/h3-4,10,18,20-22,27,30H,5-9,11-16H2,1-2H3,(H,28,31)(H,32,33). The minimum atomic E-state index is -1.06. The molecule has 1 atom stereocenters. The number of hydrogen-bond acceptors (Lipinski definition) is 4. The third kappa shape index (κ3) is 5.69. The number of benzene rings is 1. The smallest absolute Gasteiger partial charge is 0.404 e. The first-order chi connectivity index (χ1) is 15.8. The second kappa shape index (κ2) is 10.0. The van der Waals surface area contributed by atoms with Crippen molar-refractivity contribution in [3.05, 3.63) is 34.9 Å². The van der Waals surface area contributed by atoms with Gasteiger partial charge in [-0.2, -0.15) is 0 Å². The summed E-state index contributed by atoms with van der Waals surface area (Å²) in [5.74, 6) is 2.61. The topological polar surface area (TPSA) is 102 Å². The Labute approximate surface area is 196 Å². The molecule has 4 aliphatic carbocycles. The molecule has 4 saturated carbocycles. The molecule has 7 heteroatoms. The van der Waals surface area contributed by atoms with Crippen LogP contribution in [0.1, 0.15) is 66.9 Å². The van der Waals surface area contributed by atoms with E-state index in [0.29, 0.717) is 24.1 Å². The van der Waals surface area contributed by atoms with Crippen LogP contribution in [-0.2, 0) is 6.54 Å². The Kier molecular flexibility index (Phi) is 7.29. The Balaban J connectivity index is 1.40. The lowest BCUT2D eigenvalue weighted by Crippen LogP contribution is -2.51. The van der Waals surface area contributed by atoms with E-state index >= 15 is 0 Å². The molecule has 5 rings (SSSR count). The number of carbonyl (C=O) groups is 2. The third-order valence-electron chi connectivity index (χ3n) is 8.28. The van der Waals surface area contributed by atoms with Gasteiger partial charge in [-0.3, -0.25) is 9.69 Å². The number of amides is 2. The molecule has 4 bridgehead atoms. The molecule has 0 saturated heterocycles. The summed E-state index contributed by atoms with van der Waals surface area (Å²) in [6.07, 6.45) is 6.97. The van der Waals surface area contributed by atoms with Gasteiger partial charge in [-0.15, -0.1) is 0 Å². The second-order valence-corrected chi connectivity index (χ2v) is 11.0. The number of carboxylic acid groups (broad SMARTS) is 1. The lowest BCUT2D eigenvalue weighted by Gasteiger charge is -2.56. The van der Waals surface area contributed by atoms with Gasteiger partial charge < -0.3 is 20.8 Å². The summed E-state index contributed by atoms with van der Waals surface area (Å²) in [5, 5.41) is 24.1. The van der Waals surface area contributed by atoms with E-state index in [0.717, 1.165) is 35.4 Å². The average Bonchev–Trinajstić information content (AvgIpc) is 2.76. The summed E-state index contributed by atoms with van der Waals surface area (Å²) in [6.45, 7) is 5.92. The van der Waals surface area contributed by atoms with Gasteiger partial charge in [0.25, 0.3) is 5.91 Å². The van der Waals surface area contributed by atoms with Crippen LogP contribution in [0, 0.1) is 30.1 Å². The summed E-state index contributed by atoms with van der Waals surface area (Å²) in [5.41, 5.74) is 2.95. The van der Waals surface area contributed by atoms with Crippen molar-refractivity contribution in [3.63, 3.8) is 0 Å². The van der Waals surface area contributed by atoms with Crippen LogP contribution < -0.4 is 10.6 Å². The Morgan fingerprint density at radius 1 is 1.12 bits per heavy atom. The SMILES string of the molecule is Cc1ccc(CN(CCO)C(C)CNC(=O)O)cc1C(=O)NCC12CC3CC(CC(C3)C1)C2. The van der Waals surface area contributed by atoms with Gasteiger partial charge in [-0.05, 0) is 92.7 Å². The van der Waals surface area contributed by atoms with E-state index in [1.165, 1.54) is 38.5 Å². The third-order valence-corrected chi connectivity index (χ3v) is 8.28. The maximum Gasteiger partial charge on any atom is 0.404 e. The summed E-state index contributed by atoms with van der Waals surface area (Å²) >= 11 is 0. The number of nitrogens with one attached hydrogen (secondary N) is 2. The number of rotatable bonds is 10. The van der Waals surface area contributed by atoms with Crippen molar-refractivity contribution >= 4 is 12.0 Å². The predicted octanol–water partition coefficient (Wildman–Crippen LogP) is 3.39. The van der Waals surface area contributed by atoms with Crippen LogP contribution in [0.3, 0.4) is 0 Å². The number of hydrogen-bond donors (Lipinski definition) is 4. The van der Waals surface area contributed by atoms with Gasteiger partial charge >= 0.3 is 6.09 Å². The Morgan fingerprint density at radius 3 is 2.33 bits per heavy atom. The first kappa shape index (κ1) is 24.0. The van der Waals surface area contributed by atoms with E-state index in [9.17, 15) is 14.7 Å². The van der Waals surface area contributed by atoms with Crippen LogP contribution in [0.2, 0.25) is 0 Å². The molecule has 0 radical (unpaired) electrons. The summed E-state index contributed by atoms with van der Waals surface area (Å²) in [4.78, 5) is 26.1. The van der Waals surface area contributed by atoms with Crippen molar-refractivity contribution in [3.8, 4) is 0 Å². The highest BCUT2D eigenvalue weighted by molar-refractivity contribution is 5.95.